The van der Waals surface area contributed by atoms with Crippen molar-refractivity contribution in [3.05, 3.63) is 41.0 Å². The van der Waals surface area contributed by atoms with E-state index in [2.05, 4.69) is 16.4 Å². The molecule has 1 fully saturated rings. The molecule has 2 bridgehead atoms. The van der Waals surface area contributed by atoms with Crippen LogP contribution in [0.25, 0.3) is 0 Å². The molecule has 3 heterocycles. The van der Waals surface area contributed by atoms with E-state index in [1.165, 1.54) is 5.57 Å². The summed E-state index contributed by atoms with van der Waals surface area (Å²) in [6.45, 7) is 2.84. The summed E-state index contributed by atoms with van der Waals surface area (Å²) in [6, 6.07) is 5.87. The second kappa shape index (κ2) is 4.16. The maximum Gasteiger partial charge on any atom is 0.167 e. The van der Waals surface area contributed by atoms with Crippen LogP contribution in [-0.2, 0) is 4.74 Å². The zero-order chi connectivity index (χ0) is 15.8. The van der Waals surface area contributed by atoms with Gasteiger partial charge in [0, 0.05) is 18.0 Å². The molecule has 1 aromatic rings. The summed E-state index contributed by atoms with van der Waals surface area (Å²) in [5.41, 5.74) is 1.98. The third-order valence-corrected chi connectivity index (χ3v) is 5.73. The molecule has 5 heteroatoms. The van der Waals surface area contributed by atoms with E-state index >= 15 is 0 Å². The minimum Gasteiger partial charge on any atom is -0.496 e. The average molecular weight is 312 g/mol. The summed E-state index contributed by atoms with van der Waals surface area (Å²) in [6.07, 6.45) is 3.23. The number of fused-ring (bicyclic) bond motifs is 6. The van der Waals surface area contributed by atoms with E-state index in [4.69, 9.17) is 9.47 Å². The van der Waals surface area contributed by atoms with Gasteiger partial charge in [-0.3, -0.25) is 4.99 Å². The highest BCUT2D eigenvalue weighted by Crippen LogP contribution is 2.60. The van der Waals surface area contributed by atoms with E-state index in [1.54, 1.807) is 7.11 Å². The van der Waals surface area contributed by atoms with E-state index in [0.717, 1.165) is 42.1 Å². The Morgan fingerprint density at radius 3 is 3.09 bits per heavy atom. The van der Waals surface area contributed by atoms with Crippen molar-refractivity contribution in [2.45, 2.75) is 43.1 Å². The summed E-state index contributed by atoms with van der Waals surface area (Å²) in [7, 11) is 1.68. The molecule has 4 aliphatic rings. The number of aliphatic hydroxyl groups excluding tert-OH is 1. The number of hydrogen-bond donors (Lipinski definition) is 2. The fourth-order valence-corrected chi connectivity index (χ4v) is 4.71. The standard InChI is InChI=1S/C18H20N2O3/c1-17-9-12(14-11(15(17)21)4-3-5-13(14)22-2)18(23-17)8-10-6-7-19-16(10)20-18/h3-5,8,12,15,21H,6-7,9H2,1-2H3,(H,19,20)/t12?,15?,17-,18?/m1/s1. The number of aliphatic imine (C=N–C) groups is 1. The maximum atomic E-state index is 10.9. The molecule has 5 rings (SSSR count). The predicted molar refractivity (Wildman–Crippen MR) is 85.7 cm³/mol. The molecular weight excluding hydrogens is 292 g/mol. The molecule has 1 spiro atoms. The molecule has 1 saturated heterocycles. The molecule has 23 heavy (non-hydrogen) atoms. The van der Waals surface area contributed by atoms with E-state index in [9.17, 15) is 5.11 Å². The average Bonchev–Trinajstić information content (AvgIpc) is 3.16. The van der Waals surface area contributed by atoms with Crippen molar-refractivity contribution in [3.8, 4) is 5.75 Å². The lowest BCUT2D eigenvalue weighted by Gasteiger charge is -2.34. The Hall–Kier alpha value is -1.85. The Labute approximate surface area is 135 Å². The lowest BCUT2D eigenvalue weighted by atomic mass is 9.72. The highest BCUT2D eigenvalue weighted by atomic mass is 16.6. The minimum atomic E-state index is -0.661. The SMILES string of the molecule is COc1cccc2c1C1C[C@@](C)(OC13C=C1CCN=C1N3)C2O. The molecule has 120 valence electrons. The number of benzene rings is 1. The quantitative estimate of drug-likeness (QED) is 0.833. The van der Waals surface area contributed by atoms with Crippen molar-refractivity contribution in [1.29, 1.82) is 0 Å². The van der Waals surface area contributed by atoms with Crippen LogP contribution in [0.15, 0.2) is 34.8 Å². The second-order valence-corrected chi connectivity index (χ2v) is 7.11. The van der Waals surface area contributed by atoms with Gasteiger partial charge in [-0.1, -0.05) is 12.1 Å². The van der Waals surface area contributed by atoms with Gasteiger partial charge in [-0.05, 0) is 43.0 Å². The smallest absolute Gasteiger partial charge is 0.167 e. The number of aliphatic hydroxyl groups is 1. The molecule has 2 N–H and O–H groups in total. The van der Waals surface area contributed by atoms with Crippen LogP contribution in [0.5, 0.6) is 5.75 Å². The highest BCUT2D eigenvalue weighted by molar-refractivity contribution is 6.03. The Morgan fingerprint density at radius 2 is 2.30 bits per heavy atom. The Kier molecular flexibility index (Phi) is 2.46. The molecule has 3 aliphatic heterocycles. The van der Waals surface area contributed by atoms with Gasteiger partial charge in [-0.25, -0.2) is 0 Å². The predicted octanol–water partition coefficient (Wildman–Crippen LogP) is 2.03. The first-order chi connectivity index (χ1) is 11.1. The van der Waals surface area contributed by atoms with E-state index in [-0.39, 0.29) is 5.92 Å². The second-order valence-electron chi connectivity index (χ2n) is 7.11. The van der Waals surface area contributed by atoms with Crippen LogP contribution in [0.4, 0.5) is 0 Å². The van der Waals surface area contributed by atoms with Crippen LogP contribution in [0.2, 0.25) is 0 Å². The summed E-state index contributed by atoms with van der Waals surface area (Å²) >= 11 is 0. The Balaban J connectivity index is 1.72. The van der Waals surface area contributed by atoms with Gasteiger partial charge in [0.2, 0.25) is 0 Å². The van der Waals surface area contributed by atoms with E-state index in [0.29, 0.717) is 0 Å². The van der Waals surface area contributed by atoms with E-state index < -0.39 is 17.4 Å². The van der Waals surface area contributed by atoms with Crippen molar-refractivity contribution in [2.24, 2.45) is 4.99 Å². The van der Waals surface area contributed by atoms with E-state index in [1.807, 2.05) is 25.1 Å². The van der Waals surface area contributed by atoms with Gasteiger partial charge in [0.15, 0.2) is 5.72 Å². The lowest BCUT2D eigenvalue weighted by molar-refractivity contribution is -0.133. The van der Waals surface area contributed by atoms with Gasteiger partial charge >= 0.3 is 0 Å². The molecule has 0 aromatic heterocycles. The number of ether oxygens (including phenoxy) is 2. The molecule has 5 nitrogen and oxygen atoms in total. The number of nitrogens with zero attached hydrogens (tertiary/aromatic N) is 1. The Bertz CT molecular complexity index is 772. The van der Waals surface area contributed by atoms with Crippen LogP contribution in [0.1, 0.15) is 42.9 Å². The molecular formula is C18H20N2O3. The molecule has 0 amide bonds. The van der Waals surface area contributed by atoms with Gasteiger partial charge in [0.1, 0.15) is 17.7 Å². The number of hydrogen-bond acceptors (Lipinski definition) is 5. The van der Waals surface area contributed by atoms with Crippen molar-refractivity contribution in [2.75, 3.05) is 13.7 Å². The van der Waals surface area contributed by atoms with Crippen LogP contribution in [0.3, 0.4) is 0 Å². The number of methoxy groups -OCH3 is 1. The molecule has 4 atom stereocenters. The highest BCUT2D eigenvalue weighted by Gasteiger charge is 2.63. The molecule has 0 radical (unpaired) electrons. The summed E-state index contributed by atoms with van der Waals surface area (Å²) < 4.78 is 12.1. The zero-order valence-electron chi connectivity index (χ0n) is 13.3. The van der Waals surface area contributed by atoms with Gasteiger partial charge in [0.05, 0.1) is 12.7 Å². The first-order valence-electron chi connectivity index (χ1n) is 8.16. The van der Waals surface area contributed by atoms with Crippen molar-refractivity contribution in [3.63, 3.8) is 0 Å². The topological polar surface area (TPSA) is 63.1 Å². The third-order valence-electron chi connectivity index (χ3n) is 5.73. The molecule has 0 saturated carbocycles. The maximum absolute atomic E-state index is 10.9. The van der Waals surface area contributed by atoms with Crippen LogP contribution in [-0.4, -0.2) is 35.9 Å². The summed E-state index contributed by atoms with van der Waals surface area (Å²) in [4.78, 5) is 4.53. The number of rotatable bonds is 1. The zero-order valence-corrected chi connectivity index (χ0v) is 13.3. The fourth-order valence-electron chi connectivity index (χ4n) is 4.71. The van der Waals surface area contributed by atoms with Gasteiger partial charge in [-0.15, -0.1) is 0 Å². The lowest BCUT2D eigenvalue weighted by Crippen LogP contribution is -2.46. The first-order valence-corrected chi connectivity index (χ1v) is 8.16. The summed E-state index contributed by atoms with van der Waals surface area (Å²) in [5, 5.41) is 14.4. The normalized spacial score (nSPS) is 39.6. The number of amidine groups is 1. The molecule has 1 aromatic carbocycles. The van der Waals surface area contributed by atoms with Crippen molar-refractivity contribution < 1.29 is 14.6 Å². The van der Waals surface area contributed by atoms with Gasteiger partial charge in [0.25, 0.3) is 0 Å². The third kappa shape index (κ3) is 1.56. The van der Waals surface area contributed by atoms with Crippen molar-refractivity contribution in [1.82, 2.24) is 5.32 Å². The van der Waals surface area contributed by atoms with Crippen LogP contribution >= 0.6 is 0 Å². The number of nitrogens with one attached hydrogen (secondary N) is 1. The Morgan fingerprint density at radius 1 is 1.43 bits per heavy atom. The largest absolute Gasteiger partial charge is 0.496 e. The summed E-state index contributed by atoms with van der Waals surface area (Å²) in [5.74, 6) is 1.87. The molecule has 1 aliphatic carbocycles. The van der Waals surface area contributed by atoms with Crippen molar-refractivity contribution >= 4 is 5.84 Å². The fraction of sp³-hybridized carbons (Fsp3) is 0.500. The monoisotopic (exact) mass is 312 g/mol. The minimum absolute atomic E-state index is 0.0999. The van der Waals surface area contributed by atoms with Gasteiger partial charge in [-0.2, -0.15) is 0 Å². The first kappa shape index (κ1) is 13.6. The van der Waals surface area contributed by atoms with Crippen LogP contribution < -0.4 is 10.1 Å². The van der Waals surface area contributed by atoms with Gasteiger partial charge < -0.3 is 19.9 Å². The van der Waals surface area contributed by atoms with Crippen LogP contribution in [0, 0.1) is 0 Å². The molecule has 3 unspecified atom stereocenters.